The SMILES string of the molecule is C[C@@H]1Cc2cc(O)ccc2[C@@H](c2ccc(N3CCC(C(=O)O)CC3)cc2)N1CC(F)(F)F. The molecule has 0 unspecified atom stereocenters. The van der Waals surface area contributed by atoms with Gasteiger partial charge in [-0.1, -0.05) is 18.2 Å². The number of phenolic OH excluding ortho intramolecular Hbond substituents is 1. The number of halogens is 3. The normalized spacial score (nSPS) is 22.6. The van der Waals surface area contributed by atoms with Crippen molar-refractivity contribution in [2.75, 3.05) is 24.5 Å². The highest BCUT2D eigenvalue weighted by Crippen LogP contribution is 2.41. The van der Waals surface area contributed by atoms with Crippen LogP contribution in [-0.4, -0.2) is 52.9 Å². The summed E-state index contributed by atoms with van der Waals surface area (Å²) in [5.74, 6) is -0.974. The lowest BCUT2D eigenvalue weighted by atomic mass is 9.84. The molecule has 2 aliphatic heterocycles. The summed E-state index contributed by atoms with van der Waals surface area (Å²) in [6, 6.07) is 11.5. The molecule has 0 saturated carbocycles. The lowest BCUT2D eigenvalue weighted by Gasteiger charge is -2.42. The maximum atomic E-state index is 13.4. The molecule has 4 rings (SSSR count). The van der Waals surface area contributed by atoms with E-state index in [1.807, 2.05) is 24.3 Å². The Morgan fingerprint density at radius 3 is 2.34 bits per heavy atom. The van der Waals surface area contributed by atoms with Crippen LogP contribution in [0.1, 0.15) is 42.5 Å². The first kappa shape index (κ1) is 22.5. The Labute approximate surface area is 185 Å². The van der Waals surface area contributed by atoms with Crippen LogP contribution in [0.4, 0.5) is 18.9 Å². The molecule has 0 aromatic heterocycles. The zero-order valence-electron chi connectivity index (χ0n) is 17.8. The fourth-order valence-electron chi connectivity index (χ4n) is 4.98. The molecule has 2 aromatic carbocycles. The summed E-state index contributed by atoms with van der Waals surface area (Å²) in [5.41, 5.74) is 3.34. The van der Waals surface area contributed by atoms with Gasteiger partial charge in [0.25, 0.3) is 0 Å². The van der Waals surface area contributed by atoms with E-state index in [0.29, 0.717) is 32.4 Å². The van der Waals surface area contributed by atoms with E-state index in [1.54, 1.807) is 19.1 Å². The molecule has 0 bridgehead atoms. The molecule has 2 aliphatic rings. The number of benzene rings is 2. The zero-order chi connectivity index (χ0) is 23.0. The summed E-state index contributed by atoms with van der Waals surface area (Å²) < 4.78 is 40.2. The summed E-state index contributed by atoms with van der Waals surface area (Å²) in [4.78, 5) is 14.8. The fourth-order valence-corrected chi connectivity index (χ4v) is 4.98. The van der Waals surface area contributed by atoms with Crippen LogP contribution in [0, 0.1) is 5.92 Å². The second kappa shape index (κ2) is 8.65. The predicted molar refractivity (Wildman–Crippen MR) is 115 cm³/mol. The van der Waals surface area contributed by atoms with E-state index in [4.69, 9.17) is 0 Å². The molecule has 0 radical (unpaired) electrons. The molecule has 1 fully saturated rings. The third-order valence-electron chi connectivity index (χ3n) is 6.61. The molecule has 172 valence electrons. The van der Waals surface area contributed by atoms with E-state index >= 15 is 0 Å². The number of anilines is 1. The average Bonchev–Trinajstić information content (AvgIpc) is 2.74. The van der Waals surface area contributed by atoms with Gasteiger partial charge in [-0.15, -0.1) is 0 Å². The van der Waals surface area contributed by atoms with Gasteiger partial charge in [-0.05, 0) is 67.1 Å². The summed E-state index contributed by atoms with van der Waals surface area (Å²) in [6.45, 7) is 2.05. The van der Waals surface area contributed by atoms with Gasteiger partial charge in [-0.3, -0.25) is 9.69 Å². The van der Waals surface area contributed by atoms with Gasteiger partial charge in [0.15, 0.2) is 0 Å². The van der Waals surface area contributed by atoms with E-state index in [9.17, 15) is 28.2 Å². The van der Waals surface area contributed by atoms with Crippen LogP contribution < -0.4 is 4.90 Å². The van der Waals surface area contributed by atoms with Gasteiger partial charge in [0, 0.05) is 24.8 Å². The Balaban J connectivity index is 1.63. The second-order valence-electron chi connectivity index (χ2n) is 8.82. The van der Waals surface area contributed by atoms with Gasteiger partial charge in [-0.25, -0.2) is 0 Å². The van der Waals surface area contributed by atoms with Crippen molar-refractivity contribution in [3.8, 4) is 5.75 Å². The number of rotatable bonds is 4. The standard InChI is InChI=1S/C24H27F3N2O3/c1-15-12-18-13-20(30)6-7-21(18)22(29(15)14-24(25,26)27)16-2-4-19(5-3-16)28-10-8-17(9-11-28)23(31)32/h2-7,13,15,17,22,30H,8-12,14H2,1H3,(H,31,32)/t15-,22-/m1/s1. The van der Waals surface area contributed by atoms with Crippen molar-refractivity contribution in [1.29, 1.82) is 0 Å². The van der Waals surface area contributed by atoms with Crippen LogP contribution in [0.5, 0.6) is 5.75 Å². The number of nitrogens with zero attached hydrogens (tertiary/aromatic N) is 2. The van der Waals surface area contributed by atoms with Crippen molar-refractivity contribution in [2.24, 2.45) is 5.92 Å². The minimum Gasteiger partial charge on any atom is -0.508 e. The predicted octanol–water partition coefficient (Wildman–Crippen LogP) is 4.59. The number of alkyl halides is 3. The third kappa shape index (κ3) is 4.70. The lowest BCUT2D eigenvalue weighted by molar-refractivity contribution is -0.155. The van der Waals surface area contributed by atoms with Crippen LogP contribution in [0.15, 0.2) is 42.5 Å². The summed E-state index contributed by atoms with van der Waals surface area (Å²) in [6.07, 6.45) is -2.73. The number of phenols is 1. The molecule has 0 aliphatic carbocycles. The molecule has 5 nitrogen and oxygen atoms in total. The molecule has 2 heterocycles. The monoisotopic (exact) mass is 448 g/mol. The minimum atomic E-state index is -4.32. The van der Waals surface area contributed by atoms with Crippen LogP contribution in [0.3, 0.4) is 0 Å². The van der Waals surface area contributed by atoms with Crippen LogP contribution >= 0.6 is 0 Å². The maximum Gasteiger partial charge on any atom is 0.401 e. The Bertz CT molecular complexity index is 969. The zero-order valence-corrected chi connectivity index (χ0v) is 17.8. The van der Waals surface area contributed by atoms with Gasteiger partial charge in [0.05, 0.1) is 18.5 Å². The number of fused-ring (bicyclic) bond motifs is 1. The van der Waals surface area contributed by atoms with E-state index in [2.05, 4.69) is 4.90 Å². The number of carboxylic acids is 1. The number of hydrogen-bond acceptors (Lipinski definition) is 4. The number of hydrogen-bond donors (Lipinski definition) is 2. The van der Waals surface area contributed by atoms with E-state index in [0.717, 1.165) is 22.4 Å². The maximum absolute atomic E-state index is 13.4. The second-order valence-corrected chi connectivity index (χ2v) is 8.82. The van der Waals surface area contributed by atoms with Crippen LogP contribution in [-0.2, 0) is 11.2 Å². The van der Waals surface area contributed by atoms with E-state index < -0.39 is 24.7 Å². The average molecular weight is 448 g/mol. The minimum absolute atomic E-state index is 0.110. The third-order valence-corrected chi connectivity index (χ3v) is 6.61. The number of piperidine rings is 1. The van der Waals surface area contributed by atoms with Gasteiger partial charge in [0.1, 0.15) is 5.75 Å². The smallest absolute Gasteiger partial charge is 0.401 e. The summed E-state index contributed by atoms with van der Waals surface area (Å²) >= 11 is 0. The van der Waals surface area contributed by atoms with Crippen molar-refractivity contribution >= 4 is 11.7 Å². The fraction of sp³-hybridized carbons (Fsp3) is 0.458. The molecule has 2 atom stereocenters. The highest BCUT2D eigenvalue weighted by Gasteiger charge is 2.40. The first-order valence-electron chi connectivity index (χ1n) is 10.8. The highest BCUT2D eigenvalue weighted by atomic mass is 19.4. The molecule has 2 aromatic rings. The summed E-state index contributed by atoms with van der Waals surface area (Å²) in [7, 11) is 0. The molecule has 2 N–H and O–H groups in total. The highest BCUT2D eigenvalue weighted by molar-refractivity contribution is 5.70. The topological polar surface area (TPSA) is 64.0 Å². The van der Waals surface area contributed by atoms with Gasteiger partial charge < -0.3 is 15.1 Å². The van der Waals surface area contributed by atoms with E-state index in [1.165, 1.54) is 11.0 Å². The van der Waals surface area contributed by atoms with E-state index in [-0.39, 0.29) is 17.7 Å². The molecule has 8 heteroatoms. The quantitative estimate of drug-likeness (QED) is 0.716. The molecule has 32 heavy (non-hydrogen) atoms. The molecular formula is C24H27F3N2O3. The largest absolute Gasteiger partial charge is 0.508 e. The molecule has 0 amide bonds. The first-order chi connectivity index (χ1) is 15.1. The van der Waals surface area contributed by atoms with Crippen molar-refractivity contribution in [2.45, 2.75) is 44.4 Å². The van der Waals surface area contributed by atoms with Crippen LogP contribution in [0.25, 0.3) is 0 Å². The van der Waals surface area contributed by atoms with Gasteiger partial charge in [0.2, 0.25) is 0 Å². The molecular weight excluding hydrogens is 421 g/mol. The van der Waals surface area contributed by atoms with Crippen molar-refractivity contribution in [3.63, 3.8) is 0 Å². The first-order valence-corrected chi connectivity index (χ1v) is 10.8. The Morgan fingerprint density at radius 1 is 1.09 bits per heavy atom. The number of carbonyl (C=O) groups is 1. The Morgan fingerprint density at radius 2 is 1.75 bits per heavy atom. The molecule has 0 spiro atoms. The molecule has 1 saturated heterocycles. The van der Waals surface area contributed by atoms with Gasteiger partial charge in [-0.2, -0.15) is 13.2 Å². The summed E-state index contributed by atoms with van der Waals surface area (Å²) in [5, 5.41) is 19.1. The van der Waals surface area contributed by atoms with Crippen LogP contribution in [0.2, 0.25) is 0 Å². The Kier molecular flexibility index (Phi) is 6.07. The number of carboxylic acid groups (broad SMARTS) is 1. The van der Waals surface area contributed by atoms with Crippen molar-refractivity contribution < 1.29 is 28.2 Å². The number of aromatic hydroxyl groups is 1. The Hall–Kier alpha value is -2.74. The lowest BCUT2D eigenvalue weighted by Crippen LogP contribution is -2.47. The van der Waals surface area contributed by atoms with Gasteiger partial charge >= 0.3 is 12.1 Å². The number of aliphatic carboxylic acids is 1. The van der Waals surface area contributed by atoms with Crippen molar-refractivity contribution in [3.05, 3.63) is 59.2 Å². The van der Waals surface area contributed by atoms with Crippen molar-refractivity contribution in [1.82, 2.24) is 4.90 Å².